The Labute approximate surface area is 146 Å². The maximum absolute atomic E-state index is 12.5. The van der Waals surface area contributed by atoms with Crippen LogP contribution in [0, 0.1) is 6.92 Å². The monoisotopic (exact) mass is 344 g/mol. The molecule has 1 aromatic heterocycles. The van der Waals surface area contributed by atoms with Crippen molar-refractivity contribution in [2.45, 2.75) is 45.4 Å². The van der Waals surface area contributed by atoms with Crippen LogP contribution in [0.25, 0.3) is 0 Å². The number of amides is 1. The number of nitrogens with zero attached hydrogens (tertiary/aromatic N) is 3. The Morgan fingerprint density at radius 2 is 2.16 bits per heavy atom. The maximum Gasteiger partial charge on any atom is 0.346 e. The molecule has 0 radical (unpaired) electrons. The topological polar surface area (TPSA) is 78.2 Å². The van der Waals surface area contributed by atoms with Crippen LogP contribution in [0.3, 0.4) is 0 Å². The first-order valence-corrected chi connectivity index (χ1v) is 8.70. The van der Waals surface area contributed by atoms with Crippen LogP contribution in [0.5, 0.6) is 0 Å². The van der Waals surface area contributed by atoms with E-state index < -0.39 is 0 Å². The second-order valence-corrected chi connectivity index (χ2v) is 6.31. The minimum absolute atomic E-state index is 0.0648. The summed E-state index contributed by atoms with van der Waals surface area (Å²) in [6.45, 7) is 3.51. The normalized spacial score (nSPS) is 16.9. The maximum atomic E-state index is 12.5. The minimum Gasteiger partial charge on any atom is -0.376 e. The summed E-state index contributed by atoms with van der Waals surface area (Å²) in [5.74, 6) is 0.401. The van der Waals surface area contributed by atoms with E-state index in [2.05, 4.69) is 10.4 Å². The Morgan fingerprint density at radius 1 is 1.36 bits per heavy atom. The lowest BCUT2D eigenvalue weighted by molar-refractivity contribution is -0.122. The molecule has 3 rings (SSSR count). The van der Waals surface area contributed by atoms with Crippen LogP contribution in [-0.4, -0.2) is 39.5 Å². The molecule has 1 N–H and O–H groups in total. The number of carbonyl (C=O) groups excluding carboxylic acids is 1. The summed E-state index contributed by atoms with van der Waals surface area (Å²) in [7, 11) is 0. The van der Waals surface area contributed by atoms with Crippen molar-refractivity contribution < 1.29 is 9.53 Å². The highest BCUT2D eigenvalue weighted by Crippen LogP contribution is 2.10. The molecule has 25 heavy (non-hydrogen) atoms. The molecule has 0 aliphatic carbocycles. The Kier molecular flexibility index (Phi) is 5.65. The molecule has 1 atom stereocenters. The van der Waals surface area contributed by atoms with E-state index in [1.807, 2.05) is 30.3 Å². The van der Waals surface area contributed by atoms with Gasteiger partial charge in [0.1, 0.15) is 12.4 Å². The third-order valence-corrected chi connectivity index (χ3v) is 4.42. The third-order valence-electron chi connectivity index (χ3n) is 4.42. The molecule has 7 heteroatoms. The summed E-state index contributed by atoms with van der Waals surface area (Å²) < 4.78 is 8.31. The van der Waals surface area contributed by atoms with Gasteiger partial charge in [-0.15, -0.1) is 0 Å². The zero-order valence-corrected chi connectivity index (χ0v) is 14.5. The highest BCUT2D eigenvalue weighted by Gasteiger charge is 2.17. The molecular formula is C18H24N4O3. The van der Waals surface area contributed by atoms with Gasteiger partial charge in [0, 0.05) is 19.7 Å². The third kappa shape index (κ3) is 4.57. The second-order valence-electron chi connectivity index (χ2n) is 6.31. The predicted molar refractivity (Wildman–Crippen MR) is 93.4 cm³/mol. The van der Waals surface area contributed by atoms with Gasteiger partial charge in [0.15, 0.2) is 0 Å². The summed E-state index contributed by atoms with van der Waals surface area (Å²) in [6.07, 6.45) is 2.84. The summed E-state index contributed by atoms with van der Waals surface area (Å²) in [5, 5.41) is 7.03. The molecule has 1 aliphatic heterocycles. The van der Waals surface area contributed by atoms with Crippen LogP contribution in [0.1, 0.15) is 24.2 Å². The van der Waals surface area contributed by atoms with Crippen molar-refractivity contribution in [1.29, 1.82) is 0 Å². The fourth-order valence-electron chi connectivity index (χ4n) is 3.02. The number of aromatic nitrogens is 3. The Bertz CT molecular complexity index is 760. The standard InChI is InChI=1S/C18H24N4O3/c1-14-20-22(13-17(23)19-12-16-8-5-11-25-16)18(24)21(14)10-9-15-6-3-2-4-7-15/h2-4,6-7,16H,5,8-13H2,1H3,(H,19,23). The van der Waals surface area contributed by atoms with Crippen LogP contribution in [0.2, 0.25) is 0 Å². The van der Waals surface area contributed by atoms with Crippen molar-refractivity contribution in [3.05, 3.63) is 52.2 Å². The number of hydrogen-bond donors (Lipinski definition) is 1. The summed E-state index contributed by atoms with van der Waals surface area (Å²) in [5.41, 5.74) is 0.913. The van der Waals surface area contributed by atoms with E-state index in [1.165, 1.54) is 4.68 Å². The van der Waals surface area contributed by atoms with E-state index in [4.69, 9.17) is 4.74 Å². The van der Waals surface area contributed by atoms with Gasteiger partial charge in [0.05, 0.1) is 6.10 Å². The van der Waals surface area contributed by atoms with Crippen molar-refractivity contribution >= 4 is 5.91 Å². The number of carbonyl (C=O) groups is 1. The van der Waals surface area contributed by atoms with Crippen molar-refractivity contribution in [3.8, 4) is 0 Å². The highest BCUT2D eigenvalue weighted by atomic mass is 16.5. The van der Waals surface area contributed by atoms with E-state index in [1.54, 1.807) is 11.5 Å². The van der Waals surface area contributed by atoms with Gasteiger partial charge in [0.25, 0.3) is 0 Å². The fourth-order valence-corrected chi connectivity index (χ4v) is 3.02. The molecule has 134 valence electrons. The first-order chi connectivity index (χ1) is 12.1. The molecule has 1 unspecified atom stereocenters. The van der Waals surface area contributed by atoms with Crippen molar-refractivity contribution in [1.82, 2.24) is 19.7 Å². The number of ether oxygens (including phenoxy) is 1. The van der Waals surface area contributed by atoms with Crippen LogP contribution in [0.15, 0.2) is 35.1 Å². The van der Waals surface area contributed by atoms with Gasteiger partial charge in [-0.05, 0) is 31.7 Å². The Morgan fingerprint density at radius 3 is 2.88 bits per heavy atom. The number of hydrogen-bond acceptors (Lipinski definition) is 4. The van der Waals surface area contributed by atoms with Gasteiger partial charge >= 0.3 is 5.69 Å². The van der Waals surface area contributed by atoms with Gasteiger partial charge in [0.2, 0.25) is 5.91 Å². The first-order valence-electron chi connectivity index (χ1n) is 8.70. The van der Waals surface area contributed by atoms with Crippen LogP contribution in [-0.2, 0) is 29.0 Å². The molecular weight excluding hydrogens is 320 g/mol. The molecule has 0 spiro atoms. The lowest BCUT2D eigenvalue weighted by Gasteiger charge is -2.10. The molecule has 0 bridgehead atoms. The molecule has 1 aromatic carbocycles. The van der Waals surface area contributed by atoms with Gasteiger partial charge in [-0.1, -0.05) is 30.3 Å². The van der Waals surface area contributed by atoms with Crippen molar-refractivity contribution in [3.63, 3.8) is 0 Å². The largest absolute Gasteiger partial charge is 0.376 e. The molecule has 1 amide bonds. The van der Waals surface area contributed by atoms with Crippen LogP contribution < -0.4 is 11.0 Å². The van der Waals surface area contributed by atoms with Crippen molar-refractivity contribution in [2.24, 2.45) is 0 Å². The van der Waals surface area contributed by atoms with Crippen molar-refractivity contribution in [2.75, 3.05) is 13.2 Å². The minimum atomic E-state index is -0.249. The smallest absolute Gasteiger partial charge is 0.346 e. The zero-order chi connectivity index (χ0) is 17.6. The molecule has 2 aromatic rings. The number of benzene rings is 1. The van der Waals surface area contributed by atoms with Gasteiger partial charge in [-0.2, -0.15) is 5.10 Å². The van der Waals surface area contributed by atoms with E-state index >= 15 is 0 Å². The first kappa shape index (κ1) is 17.4. The predicted octanol–water partition coefficient (Wildman–Crippen LogP) is 0.891. The van der Waals surface area contributed by atoms with Crippen LogP contribution in [0.4, 0.5) is 0 Å². The lowest BCUT2D eigenvalue weighted by atomic mass is 10.1. The average molecular weight is 344 g/mol. The highest BCUT2D eigenvalue weighted by molar-refractivity contribution is 5.75. The zero-order valence-electron chi connectivity index (χ0n) is 14.5. The number of rotatable bonds is 7. The van der Waals surface area contributed by atoms with Gasteiger partial charge in [-0.3, -0.25) is 9.36 Å². The average Bonchev–Trinajstić information content (AvgIpc) is 3.22. The molecule has 7 nitrogen and oxygen atoms in total. The SMILES string of the molecule is Cc1nn(CC(=O)NCC2CCCO2)c(=O)n1CCc1ccccc1. The number of nitrogens with one attached hydrogen (secondary N) is 1. The lowest BCUT2D eigenvalue weighted by Crippen LogP contribution is -2.37. The Hall–Kier alpha value is -2.41. The second kappa shape index (κ2) is 8.11. The molecule has 2 heterocycles. The number of aryl methyl sites for hydroxylation is 2. The quantitative estimate of drug-likeness (QED) is 0.809. The molecule has 0 saturated carbocycles. The summed E-state index contributed by atoms with van der Waals surface area (Å²) in [4.78, 5) is 24.5. The van der Waals surface area contributed by atoms with E-state index in [9.17, 15) is 9.59 Å². The summed E-state index contributed by atoms with van der Waals surface area (Å²) >= 11 is 0. The van der Waals surface area contributed by atoms with E-state index in [0.717, 1.165) is 31.4 Å². The Balaban J connectivity index is 1.57. The fraction of sp³-hybridized carbons (Fsp3) is 0.500. The van der Waals surface area contributed by atoms with Gasteiger partial charge < -0.3 is 10.1 Å². The van der Waals surface area contributed by atoms with E-state index in [-0.39, 0.29) is 24.2 Å². The summed E-state index contributed by atoms with van der Waals surface area (Å²) in [6, 6.07) is 9.99. The van der Waals surface area contributed by atoms with Gasteiger partial charge in [-0.25, -0.2) is 9.48 Å². The molecule has 1 saturated heterocycles. The van der Waals surface area contributed by atoms with E-state index in [0.29, 0.717) is 18.9 Å². The molecule has 1 fully saturated rings. The molecule has 1 aliphatic rings. The van der Waals surface area contributed by atoms with Crippen LogP contribution >= 0.6 is 0 Å².